The van der Waals surface area contributed by atoms with Gasteiger partial charge in [-0.3, -0.25) is 0 Å². The van der Waals surface area contributed by atoms with Crippen LogP contribution in [-0.2, 0) is 0 Å². The second kappa shape index (κ2) is 5.07. The summed E-state index contributed by atoms with van der Waals surface area (Å²) in [4.78, 5) is 0. The number of allylic oxidation sites excluding steroid dienone is 1. The van der Waals surface area contributed by atoms with Gasteiger partial charge in [0.2, 0.25) is 0 Å². The highest BCUT2D eigenvalue weighted by Crippen LogP contribution is 2.32. The van der Waals surface area contributed by atoms with Crippen molar-refractivity contribution >= 4 is 16.1 Å². The van der Waals surface area contributed by atoms with Crippen molar-refractivity contribution in [3.05, 3.63) is 17.0 Å². The second-order valence-electron chi connectivity index (χ2n) is 7.99. The molecule has 0 aliphatic heterocycles. The van der Waals surface area contributed by atoms with Gasteiger partial charge in [-0.1, -0.05) is 60.1 Å². The van der Waals surface area contributed by atoms with Gasteiger partial charge in [-0.15, -0.1) is 5.73 Å². The lowest BCUT2D eigenvalue weighted by Crippen LogP contribution is -2.32. The normalized spacial score (nSPS) is 13.3. The van der Waals surface area contributed by atoms with E-state index < -0.39 is 16.1 Å². The molecule has 2 heteroatoms. The van der Waals surface area contributed by atoms with Crippen molar-refractivity contribution < 1.29 is 0 Å². The molecule has 0 saturated carbocycles. The van der Waals surface area contributed by atoms with Crippen LogP contribution in [-0.4, -0.2) is 16.1 Å². The van der Waals surface area contributed by atoms with E-state index in [4.69, 9.17) is 0 Å². The molecule has 0 unspecified atom stereocenters. The average Bonchev–Trinajstić information content (AvgIpc) is 1.90. The molecule has 0 amide bonds. The van der Waals surface area contributed by atoms with Crippen LogP contribution in [0.1, 0.15) is 20.8 Å². The Labute approximate surface area is 105 Å². The number of hydrogen-bond acceptors (Lipinski definition) is 0. The van der Waals surface area contributed by atoms with E-state index in [2.05, 4.69) is 71.9 Å². The summed E-state index contributed by atoms with van der Waals surface area (Å²) in [5.74, 6) is 0. The minimum Gasteiger partial charge on any atom is -0.130 e. The van der Waals surface area contributed by atoms with Crippen LogP contribution in [0.4, 0.5) is 0 Å². The van der Waals surface area contributed by atoms with E-state index in [1.807, 2.05) is 0 Å². The zero-order chi connectivity index (χ0) is 13.2. The highest BCUT2D eigenvalue weighted by Gasteiger charge is 2.29. The van der Waals surface area contributed by atoms with Gasteiger partial charge in [-0.25, -0.2) is 0 Å². The Balaban J connectivity index is 5.16. The van der Waals surface area contributed by atoms with Crippen LogP contribution >= 0.6 is 0 Å². The van der Waals surface area contributed by atoms with Crippen LogP contribution in [0, 0.1) is 5.41 Å². The van der Waals surface area contributed by atoms with Crippen LogP contribution in [0.5, 0.6) is 0 Å². The molecule has 0 aromatic heterocycles. The molecule has 0 nitrogen and oxygen atoms in total. The third-order valence-corrected chi connectivity index (χ3v) is 6.28. The summed E-state index contributed by atoms with van der Waals surface area (Å²) in [5, 5.41) is 1.57. The Morgan fingerprint density at radius 2 is 1.44 bits per heavy atom. The van der Waals surface area contributed by atoms with Crippen LogP contribution in [0.25, 0.3) is 0 Å². The average molecular weight is 255 g/mol. The highest BCUT2D eigenvalue weighted by atomic mass is 28.3. The van der Waals surface area contributed by atoms with Gasteiger partial charge in [0.05, 0.1) is 8.07 Å². The molecule has 0 heterocycles. The molecule has 0 N–H and O–H groups in total. The Morgan fingerprint density at radius 1 is 1.00 bits per heavy atom. The third-order valence-electron chi connectivity index (χ3n) is 2.46. The van der Waals surface area contributed by atoms with Gasteiger partial charge in [-0.05, 0) is 22.7 Å². The SMILES string of the molecule is CC(C)(C)C(=C=CC[Si](C)(C)C)[Si](C)(C)C. The van der Waals surface area contributed by atoms with E-state index in [1.165, 1.54) is 6.04 Å². The van der Waals surface area contributed by atoms with Crippen molar-refractivity contribution in [3.63, 3.8) is 0 Å². The summed E-state index contributed by atoms with van der Waals surface area (Å²) < 4.78 is 0. The Hall–Kier alpha value is -0.0462. The highest BCUT2D eigenvalue weighted by molar-refractivity contribution is 6.83. The Kier molecular flexibility index (Phi) is 5.06. The standard InChI is InChI=1S/C14H30Si2/c1-14(2,3)13(16(7,8)9)11-10-12-15(4,5)6/h10H,12H2,1-9H3. The maximum Gasteiger partial charge on any atom is 0.0830 e. The third kappa shape index (κ3) is 6.52. The fraction of sp³-hybridized carbons (Fsp3) is 0.786. The first-order valence-electron chi connectivity index (χ1n) is 6.30. The summed E-state index contributed by atoms with van der Waals surface area (Å²) >= 11 is 0. The molecule has 0 spiro atoms. The minimum absolute atomic E-state index is 0.278. The minimum atomic E-state index is -1.23. The van der Waals surface area contributed by atoms with Crippen LogP contribution in [0.3, 0.4) is 0 Å². The van der Waals surface area contributed by atoms with Crippen molar-refractivity contribution in [3.8, 4) is 0 Å². The van der Waals surface area contributed by atoms with Gasteiger partial charge in [0.15, 0.2) is 0 Å². The molecule has 0 bridgehead atoms. The second-order valence-corrected chi connectivity index (χ2v) is 18.5. The molecule has 0 aliphatic carbocycles. The molecular formula is C14H30Si2. The van der Waals surface area contributed by atoms with Crippen LogP contribution < -0.4 is 0 Å². The van der Waals surface area contributed by atoms with Crippen molar-refractivity contribution in [1.82, 2.24) is 0 Å². The largest absolute Gasteiger partial charge is 0.130 e. The molecule has 0 aliphatic rings. The van der Waals surface area contributed by atoms with Gasteiger partial charge in [0, 0.05) is 8.07 Å². The summed E-state index contributed by atoms with van der Waals surface area (Å²) in [5.41, 5.74) is 3.92. The number of rotatable bonds is 3. The monoisotopic (exact) mass is 254 g/mol. The Bertz CT molecular complexity index is 270. The quantitative estimate of drug-likeness (QED) is 0.472. The fourth-order valence-electron chi connectivity index (χ4n) is 2.02. The van der Waals surface area contributed by atoms with Gasteiger partial charge >= 0.3 is 0 Å². The molecule has 94 valence electrons. The zero-order valence-electron chi connectivity index (χ0n) is 12.8. The van der Waals surface area contributed by atoms with E-state index in [-0.39, 0.29) is 5.41 Å². The molecule has 0 radical (unpaired) electrons. The van der Waals surface area contributed by atoms with Gasteiger partial charge < -0.3 is 0 Å². The molecule has 0 aromatic carbocycles. The van der Waals surface area contributed by atoms with E-state index in [1.54, 1.807) is 5.20 Å². The molecule has 0 rings (SSSR count). The fourth-order valence-corrected chi connectivity index (χ4v) is 5.52. The van der Waals surface area contributed by atoms with E-state index in [9.17, 15) is 0 Å². The summed E-state index contributed by atoms with van der Waals surface area (Å²) in [6.07, 6.45) is 2.31. The first-order valence-corrected chi connectivity index (χ1v) is 13.5. The molecule has 0 fully saturated rings. The van der Waals surface area contributed by atoms with Crippen LogP contribution in [0.15, 0.2) is 17.0 Å². The van der Waals surface area contributed by atoms with Crippen molar-refractivity contribution in [2.45, 2.75) is 66.1 Å². The molecule has 16 heavy (non-hydrogen) atoms. The summed E-state index contributed by atoms with van der Waals surface area (Å²) in [6, 6.07) is 1.25. The zero-order valence-corrected chi connectivity index (χ0v) is 14.8. The van der Waals surface area contributed by atoms with E-state index in [0.29, 0.717) is 0 Å². The molecule has 0 saturated heterocycles. The van der Waals surface area contributed by atoms with E-state index >= 15 is 0 Å². The first-order chi connectivity index (χ1) is 6.84. The molecule has 0 aromatic rings. The van der Waals surface area contributed by atoms with Gasteiger partial charge in [0.25, 0.3) is 0 Å². The first kappa shape index (κ1) is 16.0. The molecule has 0 atom stereocenters. The predicted molar refractivity (Wildman–Crippen MR) is 82.6 cm³/mol. The van der Waals surface area contributed by atoms with Gasteiger partial charge in [0.1, 0.15) is 0 Å². The maximum absolute atomic E-state index is 3.64. The maximum atomic E-state index is 3.64. The Morgan fingerprint density at radius 3 is 1.69 bits per heavy atom. The lowest BCUT2D eigenvalue weighted by atomic mass is 9.96. The van der Waals surface area contributed by atoms with Crippen molar-refractivity contribution in [1.29, 1.82) is 0 Å². The topological polar surface area (TPSA) is 0 Å². The molecular weight excluding hydrogens is 224 g/mol. The smallest absolute Gasteiger partial charge is 0.0830 e. The lowest BCUT2D eigenvalue weighted by Gasteiger charge is -2.30. The summed E-state index contributed by atoms with van der Waals surface area (Å²) in [6.45, 7) is 21.4. The van der Waals surface area contributed by atoms with Crippen molar-refractivity contribution in [2.24, 2.45) is 5.41 Å². The summed E-state index contributed by atoms with van der Waals surface area (Å²) in [7, 11) is -2.19. The predicted octanol–water partition coefficient (Wildman–Crippen LogP) is 5.33. The van der Waals surface area contributed by atoms with Gasteiger partial charge in [-0.2, -0.15) is 0 Å². The van der Waals surface area contributed by atoms with E-state index in [0.717, 1.165) is 0 Å². The number of hydrogen-bond donors (Lipinski definition) is 0. The van der Waals surface area contributed by atoms with Crippen LogP contribution in [0.2, 0.25) is 45.3 Å². The van der Waals surface area contributed by atoms with Crippen molar-refractivity contribution in [2.75, 3.05) is 0 Å². The lowest BCUT2D eigenvalue weighted by molar-refractivity contribution is 0.526.